The molecule has 1 aromatic carbocycles. The second-order valence-electron chi connectivity index (χ2n) is 4.65. The number of carbonyl (C=O) groups is 1. The fourth-order valence-corrected chi connectivity index (χ4v) is 2.11. The molecule has 5 heteroatoms. The number of pyridine rings is 1. The predicted molar refractivity (Wildman–Crippen MR) is 76.9 cm³/mol. The average molecular weight is 288 g/mol. The van der Waals surface area contributed by atoms with Crippen LogP contribution in [0.3, 0.4) is 0 Å². The van der Waals surface area contributed by atoms with E-state index in [0.29, 0.717) is 0 Å². The number of carbonyl (C=O) groups excluding carboxylic acids is 1. The minimum absolute atomic E-state index is 0.156. The number of nitrogens with zero attached hydrogens (tertiary/aromatic N) is 1. The van der Waals surface area contributed by atoms with Crippen molar-refractivity contribution in [3.05, 3.63) is 65.7 Å². The Balaban J connectivity index is 2.26. The lowest BCUT2D eigenvalue weighted by Gasteiger charge is -2.22. The van der Waals surface area contributed by atoms with Crippen molar-refractivity contribution in [2.75, 3.05) is 7.11 Å². The van der Waals surface area contributed by atoms with Gasteiger partial charge >= 0.3 is 5.97 Å². The van der Waals surface area contributed by atoms with Crippen LogP contribution < -0.4 is 5.32 Å². The van der Waals surface area contributed by atoms with E-state index >= 15 is 0 Å². The van der Waals surface area contributed by atoms with Crippen LogP contribution in [0.15, 0.2) is 48.8 Å². The van der Waals surface area contributed by atoms with E-state index in [4.69, 9.17) is 4.74 Å². The van der Waals surface area contributed by atoms with Gasteiger partial charge in [0.15, 0.2) is 0 Å². The van der Waals surface area contributed by atoms with Gasteiger partial charge in [0.1, 0.15) is 11.9 Å². The van der Waals surface area contributed by atoms with Crippen molar-refractivity contribution in [3.8, 4) is 0 Å². The third-order valence-electron chi connectivity index (χ3n) is 3.28. The van der Waals surface area contributed by atoms with Crippen molar-refractivity contribution in [3.63, 3.8) is 0 Å². The van der Waals surface area contributed by atoms with Gasteiger partial charge in [-0.25, -0.2) is 9.18 Å². The third-order valence-corrected chi connectivity index (χ3v) is 3.28. The van der Waals surface area contributed by atoms with Crippen molar-refractivity contribution in [2.24, 2.45) is 0 Å². The lowest BCUT2D eigenvalue weighted by molar-refractivity contribution is -0.143. The molecule has 4 nitrogen and oxygen atoms in total. The van der Waals surface area contributed by atoms with E-state index in [1.54, 1.807) is 30.6 Å². The molecule has 2 aromatic rings. The average Bonchev–Trinajstić information content (AvgIpc) is 2.53. The molecule has 1 heterocycles. The predicted octanol–water partition coefficient (Wildman–Crippen LogP) is 2.79. The maximum atomic E-state index is 13.9. The normalized spacial score (nSPS) is 13.5. The Morgan fingerprint density at radius 2 is 1.90 bits per heavy atom. The van der Waals surface area contributed by atoms with Crippen LogP contribution in [0.5, 0.6) is 0 Å². The maximum absolute atomic E-state index is 13.9. The zero-order chi connectivity index (χ0) is 15.2. The van der Waals surface area contributed by atoms with Crippen LogP contribution >= 0.6 is 0 Å². The smallest absolute Gasteiger partial charge is 0.327 e. The fraction of sp³-hybridized carbons (Fsp3) is 0.250. The van der Waals surface area contributed by atoms with Gasteiger partial charge in [0, 0.05) is 24.0 Å². The number of esters is 1. The van der Waals surface area contributed by atoms with Crippen LogP contribution in [-0.2, 0) is 9.53 Å². The first kappa shape index (κ1) is 15.1. The van der Waals surface area contributed by atoms with E-state index in [0.717, 1.165) is 5.56 Å². The van der Waals surface area contributed by atoms with Gasteiger partial charge in [0.25, 0.3) is 0 Å². The topological polar surface area (TPSA) is 51.2 Å². The van der Waals surface area contributed by atoms with Gasteiger partial charge in [-0.15, -0.1) is 0 Å². The van der Waals surface area contributed by atoms with Gasteiger partial charge in [-0.3, -0.25) is 10.3 Å². The Morgan fingerprint density at radius 3 is 2.52 bits per heavy atom. The second-order valence-corrected chi connectivity index (χ2v) is 4.65. The Bertz CT molecular complexity index is 604. The Morgan fingerprint density at radius 1 is 1.24 bits per heavy atom. The van der Waals surface area contributed by atoms with Crippen molar-refractivity contribution in [1.82, 2.24) is 10.3 Å². The SMILES string of the molecule is COC(=O)[C@@H](N[C@@H](C)c1ccncc1)c1ccccc1F. The molecule has 2 atom stereocenters. The summed E-state index contributed by atoms with van der Waals surface area (Å²) in [5.41, 5.74) is 1.22. The van der Waals surface area contributed by atoms with Crippen LogP contribution in [0, 0.1) is 5.82 Å². The molecule has 0 fully saturated rings. The molecule has 110 valence electrons. The molecule has 2 rings (SSSR count). The van der Waals surface area contributed by atoms with E-state index in [1.165, 1.54) is 13.2 Å². The number of benzene rings is 1. The molecule has 0 bridgehead atoms. The summed E-state index contributed by atoms with van der Waals surface area (Å²) in [6, 6.07) is 8.83. The standard InChI is InChI=1S/C16H17FN2O2/c1-11(12-7-9-18-10-8-12)19-15(16(20)21-2)13-5-3-4-6-14(13)17/h3-11,15,19H,1-2H3/t11-,15-/m0/s1. The highest BCUT2D eigenvalue weighted by Gasteiger charge is 2.26. The van der Waals surface area contributed by atoms with Gasteiger partial charge < -0.3 is 4.74 Å². The molecule has 1 N–H and O–H groups in total. The molecule has 0 aliphatic carbocycles. The lowest BCUT2D eigenvalue weighted by atomic mass is 10.0. The van der Waals surface area contributed by atoms with E-state index in [-0.39, 0.29) is 11.6 Å². The molecule has 0 amide bonds. The summed E-state index contributed by atoms with van der Waals surface area (Å²) in [6.45, 7) is 1.89. The van der Waals surface area contributed by atoms with Crippen LogP contribution in [0.1, 0.15) is 30.1 Å². The molecule has 1 aromatic heterocycles. The molecule has 0 unspecified atom stereocenters. The van der Waals surface area contributed by atoms with Crippen LogP contribution in [0.25, 0.3) is 0 Å². The molecule has 0 radical (unpaired) electrons. The summed E-state index contributed by atoms with van der Waals surface area (Å²) >= 11 is 0. The summed E-state index contributed by atoms with van der Waals surface area (Å²) in [7, 11) is 1.29. The number of aromatic nitrogens is 1. The lowest BCUT2D eigenvalue weighted by Crippen LogP contribution is -2.32. The van der Waals surface area contributed by atoms with Gasteiger partial charge in [0.2, 0.25) is 0 Å². The Labute approximate surface area is 123 Å². The second kappa shape index (κ2) is 6.95. The van der Waals surface area contributed by atoms with Gasteiger partial charge in [-0.05, 0) is 30.7 Å². The highest BCUT2D eigenvalue weighted by atomic mass is 19.1. The number of nitrogens with one attached hydrogen (secondary N) is 1. The van der Waals surface area contributed by atoms with E-state index < -0.39 is 17.8 Å². The molecule has 21 heavy (non-hydrogen) atoms. The van der Waals surface area contributed by atoms with Crippen LogP contribution in [-0.4, -0.2) is 18.1 Å². The quantitative estimate of drug-likeness (QED) is 0.860. The largest absolute Gasteiger partial charge is 0.468 e. The first-order valence-electron chi connectivity index (χ1n) is 6.61. The number of methoxy groups -OCH3 is 1. The molecule has 0 aliphatic rings. The minimum Gasteiger partial charge on any atom is -0.468 e. The summed E-state index contributed by atoms with van der Waals surface area (Å²) in [5.74, 6) is -0.969. The molecular weight excluding hydrogens is 271 g/mol. The molecule has 0 saturated carbocycles. The number of ether oxygens (including phenoxy) is 1. The Hall–Kier alpha value is -2.27. The Kier molecular flexibility index (Phi) is 5.00. The van der Waals surface area contributed by atoms with Crippen molar-refractivity contribution in [2.45, 2.75) is 19.0 Å². The van der Waals surface area contributed by atoms with Gasteiger partial charge in [0.05, 0.1) is 7.11 Å². The molecular formula is C16H17FN2O2. The van der Waals surface area contributed by atoms with Crippen LogP contribution in [0.2, 0.25) is 0 Å². The van der Waals surface area contributed by atoms with Gasteiger partial charge in [-0.1, -0.05) is 18.2 Å². The summed E-state index contributed by atoms with van der Waals surface area (Å²) in [5, 5.41) is 3.10. The van der Waals surface area contributed by atoms with E-state index in [9.17, 15) is 9.18 Å². The zero-order valence-electron chi connectivity index (χ0n) is 11.9. The zero-order valence-corrected chi connectivity index (χ0v) is 11.9. The van der Waals surface area contributed by atoms with Crippen molar-refractivity contribution in [1.29, 1.82) is 0 Å². The van der Waals surface area contributed by atoms with Crippen molar-refractivity contribution < 1.29 is 13.9 Å². The monoisotopic (exact) mass is 288 g/mol. The number of rotatable bonds is 5. The minimum atomic E-state index is -0.862. The van der Waals surface area contributed by atoms with Crippen molar-refractivity contribution >= 4 is 5.97 Å². The molecule has 0 saturated heterocycles. The molecule has 0 aliphatic heterocycles. The highest BCUT2D eigenvalue weighted by molar-refractivity contribution is 5.77. The number of halogens is 1. The number of hydrogen-bond donors (Lipinski definition) is 1. The van der Waals surface area contributed by atoms with Gasteiger partial charge in [-0.2, -0.15) is 0 Å². The fourth-order valence-electron chi connectivity index (χ4n) is 2.11. The summed E-state index contributed by atoms with van der Waals surface area (Å²) in [4.78, 5) is 15.9. The summed E-state index contributed by atoms with van der Waals surface area (Å²) < 4.78 is 18.7. The van der Waals surface area contributed by atoms with E-state index in [1.807, 2.05) is 19.1 Å². The molecule has 0 spiro atoms. The maximum Gasteiger partial charge on any atom is 0.327 e. The first-order valence-corrected chi connectivity index (χ1v) is 6.61. The first-order chi connectivity index (χ1) is 10.1. The number of hydrogen-bond acceptors (Lipinski definition) is 4. The third kappa shape index (κ3) is 3.64. The summed E-state index contributed by atoms with van der Waals surface area (Å²) in [6.07, 6.45) is 3.34. The van der Waals surface area contributed by atoms with E-state index in [2.05, 4.69) is 10.3 Å². The van der Waals surface area contributed by atoms with Crippen LogP contribution in [0.4, 0.5) is 4.39 Å². The highest BCUT2D eigenvalue weighted by Crippen LogP contribution is 2.22.